The molecule has 0 spiro atoms. The van der Waals surface area contributed by atoms with Gasteiger partial charge in [0.25, 0.3) is 11.8 Å². The van der Waals surface area contributed by atoms with Crippen LogP contribution in [0.15, 0.2) is 34.9 Å². The van der Waals surface area contributed by atoms with Gasteiger partial charge in [-0.25, -0.2) is 9.59 Å². The third-order valence-electron chi connectivity index (χ3n) is 3.59. The zero-order chi connectivity index (χ0) is 19.4. The molecule has 3 N–H and O–H groups in total. The number of ether oxygens (including phenoxy) is 1. The Balaban J connectivity index is 1.50. The van der Waals surface area contributed by atoms with Crippen LogP contribution < -0.4 is 16.0 Å². The predicted molar refractivity (Wildman–Crippen MR) is 95.6 cm³/mol. The summed E-state index contributed by atoms with van der Waals surface area (Å²) in [6, 6.07) is 5.60. The molecular weight excluding hydrogens is 374 g/mol. The normalized spacial score (nSPS) is 14.1. The molecule has 2 heterocycles. The molecule has 1 atom stereocenters. The van der Waals surface area contributed by atoms with Gasteiger partial charge in [0.1, 0.15) is 4.88 Å². The first-order valence-corrected chi connectivity index (χ1v) is 9.01. The first kappa shape index (κ1) is 18.6. The molecule has 142 valence electrons. The minimum atomic E-state index is -1.15. The third kappa shape index (κ3) is 5.17. The Bertz CT molecular complexity index is 856. The van der Waals surface area contributed by atoms with Crippen LogP contribution in [0.4, 0.5) is 9.80 Å². The molecule has 2 aromatic rings. The second-order valence-electron chi connectivity index (χ2n) is 5.88. The summed E-state index contributed by atoms with van der Waals surface area (Å²) in [5.41, 5.74) is 0. The van der Waals surface area contributed by atoms with Crippen molar-refractivity contribution in [2.45, 2.75) is 31.9 Å². The van der Waals surface area contributed by atoms with Crippen molar-refractivity contribution < 1.29 is 28.3 Å². The second-order valence-corrected chi connectivity index (χ2v) is 6.96. The Morgan fingerprint density at radius 1 is 1.22 bits per heavy atom. The average Bonchev–Trinajstić information content (AvgIpc) is 3.11. The van der Waals surface area contributed by atoms with Crippen molar-refractivity contribution in [2.75, 3.05) is 5.32 Å². The minimum absolute atomic E-state index is 0.108. The first-order valence-electron chi connectivity index (χ1n) is 8.19. The van der Waals surface area contributed by atoms with E-state index in [2.05, 4.69) is 16.0 Å². The Labute approximate surface area is 158 Å². The van der Waals surface area contributed by atoms with Crippen molar-refractivity contribution in [3.05, 3.63) is 41.2 Å². The minimum Gasteiger partial charge on any atom is -0.459 e. The number of hydrogen-bond acceptors (Lipinski definition) is 7. The number of furan rings is 1. The van der Waals surface area contributed by atoms with Gasteiger partial charge in [-0.1, -0.05) is 0 Å². The van der Waals surface area contributed by atoms with Gasteiger partial charge < -0.3 is 19.8 Å². The number of carbonyl (C=O) groups excluding carboxylic acids is 4. The predicted octanol–water partition coefficient (Wildman–Crippen LogP) is 2.13. The molecule has 2 aromatic heterocycles. The molecule has 3 rings (SSSR count). The Morgan fingerprint density at radius 2 is 2.00 bits per heavy atom. The second kappa shape index (κ2) is 8.04. The van der Waals surface area contributed by atoms with Crippen LogP contribution in [0.1, 0.15) is 40.0 Å². The Kier molecular flexibility index (Phi) is 5.55. The van der Waals surface area contributed by atoms with Gasteiger partial charge in [0.15, 0.2) is 11.9 Å². The number of rotatable bonds is 6. The number of esters is 1. The number of hydrogen-bond donors (Lipinski definition) is 3. The molecule has 27 heavy (non-hydrogen) atoms. The number of imide groups is 1. The summed E-state index contributed by atoms with van der Waals surface area (Å²) in [4.78, 5) is 47.7. The zero-order valence-electron chi connectivity index (χ0n) is 14.3. The van der Waals surface area contributed by atoms with Gasteiger partial charge in [-0.05, 0) is 44.0 Å². The standard InChI is InChI=1S/C17H17N3O6S/c1-9(14(21)20-17(24)18-10-4-5-10)26-16(23)12-6-7-13(27-12)19-15(22)11-3-2-8-25-11/h2-3,6-10H,4-5H2,1H3,(H,19,22)(H2,18,20,21,24). The Hall–Kier alpha value is -3.14. The topological polar surface area (TPSA) is 127 Å². The maximum atomic E-state index is 12.1. The summed E-state index contributed by atoms with van der Waals surface area (Å²) >= 11 is 0.992. The van der Waals surface area contributed by atoms with E-state index in [9.17, 15) is 19.2 Å². The highest BCUT2D eigenvalue weighted by Crippen LogP contribution is 2.24. The van der Waals surface area contributed by atoms with E-state index < -0.39 is 29.9 Å². The quantitative estimate of drug-likeness (QED) is 0.648. The fourth-order valence-electron chi connectivity index (χ4n) is 2.03. The number of thiophene rings is 1. The molecule has 0 aromatic carbocycles. The number of urea groups is 1. The van der Waals surface area contributed by atoms with Crippen LogP contribution in [0.5, 0.6) is 0 Å². The lowest BCUT2D eigenvalue weighted by Crippen LogP contribution is -2.45. The molecule has 0 radical (unpaired) electrons. The molecule has 0 aliphatic heterocycles. The highest BCUT2D eigenvalue weighted by atomic mass is 32.1. The third-order valence-corrected chi connectivity index (χ3v) is 4.57. The molecule has 9 nitrogen and oxygen atoms in total. The summed E-state index contributed by atoms with van der Waals surface area (Å²) in [5, 5.41) is 7.74. The van der Waals surface area contributed by atoms with Crippen LogP contribution in [-0.2, 0) is 9.53 Å². The van der Waals surface area contributed by atoms with Crippen molar-refractivity contribution in [1.29, 1.82) is 0 Å². The van der Waals surface area contributed by atoms with Gasteiger partial charge in [0.05, 0.1) is 11.3 Å². The molecule has 1 unspecified atom stereocenters. The molecule has 1 saturated carbocycles. The highest BCUT2D eigenvalue weighted by Gasteiger charge is 2.26. The van der Waals surface area contributed by atoms with Gasteiger partial charge in [0.2, 0.25) is 0 Å². The van der Waals surface area contributed by atoms with Crippen molar-refractivity contribution >= 4 is 40.2 Å². The monoisotopic (exact) mass is 391 g/mol. The zero-order valence-corrected chi connectivity index (χ0v) is 15.1. The van der Waals surface area contributed by atoms with Crippen molar-refractivity contribution in [1.82, 2.24) is 10.6 Å². The van der Waals surface area contributed by atoms with Gasteiger partial charge in [-0.15, -0.1) is 11.3 Å². The summed E-state index contributed by atoms with van der Waals surface area (Å²) < 4.78 is 10.0. The fourth-order valence-corrected chi connectivity index (χ4v) is 2.82. The molecule has 1 aliphatic carbocycles. The van der Waals surface area contributed by atoms with Crippen LogP contribution in [0, 0.1) is 0 Å². The lowest BCUT2D eigenvalue weighted by atomic mass is 10.3. The van der Waals surface area contributed by atoms with Crippen LogP contribution >= 0.6 is 11.3 Å². The summed E-state index contributed by atoms with van der Waals surface area (Å²) in [6.07, 6.45) is 2.02. The van der Waals surface area contributed by atoms with Crippen LogP contribution in [0.25, 0.3) is 0 Å². The van der Waals surface area contributed by atoms with Crippen molar-refractivity contribution in [2.24, 2.45) is 0 Å². The molecule has 4 amide bonds. The summed E-state index contributed by atoms with van der Waals surface area (Å²) in [6.45, 7) is 1.37. The van der Waals surface area contributed by atoms with Crippen molar-refractivity contribution in [3.63, 3.8) is 0 Å². The van der Waals surface area contributed by atoms with E-state index in [1.807, 2.05) is 0 Å². The van der Waals surface area contributed by atoms with E-state index in [-0.39, 0.29) is 16.7 Å². The number of amides is 4. The number of nitrogens with one attached hydrogen (secondary N) is 3. The Morgan fingerprint density at radius 3 is 2.67 bits per heavy atom. The molecule has 0 saturated heterocycles. The largest absolute Gasteiger partial charge is 0.459 e. The van der Waals surface area contributed by atoms with E-state index >= 15 is 0 Å². The summed E-state index contributed by atoms with van der Waals surface area (Å²) in [7, 11) is 0. The highest BCUT2D eigenvalue weighted by molar-refractivity contribution is 7.18. The van der Waals surface area contributed by atoms with Crippen molar-refractivity contribution in [3.8, 4) is 0 Å². The SMILES string of the molecule is CC(OC(=O)c1ccc(NC(=O)c2ccco2)s1)C(=O)NC(=O)NC1CC1. The van der Waals surface area contributed by atoms with Crippen LogP contribution in [-0.4, -0.2) is 36.0 Å². The van der Waals surface area contributed by atoms with Gasteiger partial charge in [0, 0.05) is 6.04 Å². The lowest BCUT2D eigenvalue weighted by Gasteiger charge is -2.12. The molecule has 1 fully saturated rings. The smallest absolute Gasteiger partial charge is 0.349 e. The lowest BCUT2D eigenvalue weighted by molar-refractivity contribution is -0.127. The van der Waals surface area contributed by atoms with E-state index in [1.54, 1.807) is 6.07 Å². The van der Waals surface area contributed by atoms with Gasteiger partial charge >= 0.3 is 12.0 Å². The maximum Gasteiger partial charge on any atom is 0.349 e. The molecule has 0 bridgehead atoms. The van der Waals surface area contributed by atoms with E-state index in [1.165, 1.54) is 31.4 Å². The maximum absolute atomic E-state index is 12.1. The fraction of sp³-hybridized carbons (Fsp3) is 0.294. The molecular formula is C17H17N3O6S. The van der Waals surface area contributed by atoms with Crippen LogP contribution in [0.2, 0.25) is 0 Å². The molecule has 1 aliphatic rings. The number of anilines is 1. The van der Waals surface area contributed by atoms with E-state index in [0.29, 0.717) is 5.00 Å². The molecule has 10 heteroatoms. The van der Waals surface area contributed by atoms with E-state index in [4.69, 9.17) is 9.15 Å². The first-order chi connectivity index (χ1) is 12.9. The van der Waals surface area contributed by atoms with Gasteiger partial charge in [-0.3, -0.25) is 14.9 Å². The average molecular weight is 391 g/mol. The number of carbonyl (C=O) groups is 4. The van der Waals surface area contributed by atoms with Gasteiger partial charge in [-0.2, -0.15) is 0 Å². The summed E-state index contributed by atoms with van der Waals surface area (Å²) in [5.74, 6) is -1.76. The van der Waals surface area contributed by atoms with E-state index in [0.717, 1.165) is 24.2 Å². The van der Waals surface area contributed by atoms with Crippen LogP contribution in [0.3, 0.4) is 0 Å².